The van der Waals surface area contributed by atoms with Crippen LogP contribution in [-0.4, -0.2) is 30.2 Å². The number of carboxylic acid groups (broad SMARTS) is 1. The molecule has 0 aromatic heterocycles. The lowest BCUT2D eigenvalue weighted by Gasteiger charge is -2.19. The van der Waals surface area contributed by atoms with Crippen molar-refractivity contribution in [3.63, 3.8) is 0 Å². The van der Waals surface area contributed by atoms with Crippen molar-refractivity contribution in [2.45, 2.75) is 40.5 Å². The molecule has 0 heterocycles. The first kappa shape index (κ1) is 15.7. The Labute approximate surface area is 103 Å². The van der Waals surface area contributed by atoms with Crippen LogP contribution in [-0.2, 0) is 4.79 Å². The molecule has 1 unspecified atom stereocenters. The first-order valence-electron chi connectivity index (χ1n) is 6.00. The van der Waals surface area contributed by atoms with Crippen molar-refractivity contribution in [1.29, 1.82) is 0 Å². The molecule has 0 aromatic rings. The molecule has 5 heteroatoms. The van der Waals surface area contributed by atoms with Crippen molar-refractivity contribution in [2.24, 2.45) is 11.3 Å². The van der Waals surface area contributed by atoms with Gasteiger partial charge in [-0.1, -0.05) is 34.1 Å². The third kappa shape index (κ3) is 8.54. The second-order valence-corrected chi connectivity index (χ2v) is 5.45. The lowest BCUT2D eigenvalue weighted by atomic mass is 9.97. The maximum absolute atomic E-state index is 11.4. The number of aliphatic carboxylic acids is 1. The SMILES string of the molecule is CCCC(CNC(=O)NCC(C)(C)C)C(=O)O. The van der Waals surface area contributed by atoms with Gasteiger partial charge in [0.15, 0.2) is 0 Å². The zero-order valence-corrected chi connectivity index (χ0v) is 11.2. The van der Waals surface area contributed by atoms with Crippen molar-refractivity contribution >= 4 is 12.0 Å². The molecule has 0 bridgehead atoms. The van der Waals surface area contributed by atoms with Crippen LogP contribution in [0.25, 0.3) is 0 Å². The van der Waals surface area contributed by atoms with E-state index in [0.29, 0.717) is 13.0 Å². The van der Waals surface area contributed by atoms with Crippen LogP contribution in [0.4, 0.5) is 4.79 Å². The van der Waals surface area contributed by atoms with Crippen LogP contribution in [0.5, 0.6) is 0 Å². The molecule has 0 aromatic carbocycles. The summed E-state index contributed by atoms with van der Waals surface area (Å²) in [5, 5.41) is 14.2. The van der Waals surface area contributed by atoms with Crippen molar-refractivity contribution in [3.8, 4) is 0 Å². The standard InChI is InChI=1S/C12H24N2O3/c1-5-6-9(10(15)16)7-13-11(17)14-8-12(2,3)4/h9H,5-8H2,1-4H3,(H,15,16)(H2,13,14,17). The molecule has 1 atom stereocenters. The molecular formula is C12H24N2O3. The number of carbonyl (C=O) groups is 2. The molecule has 0 radical (unpaired) electrons. The van der Waals surface area contributed by atoms with E-state index in [-0.39, 0.29) is 18.0 Å². The molecule has 17 heavy (non-hydrogen) atoms. The van der Waals surface area contributed by atoms with Crippen LogP contribution < -0.4 is 10.6 Å². The molecule has 0 aliphatic heterocycles. The zero-order chi connectivity index (χ0) is 13.5. The van der Waals surface area contributed by atoms with Crippen LogP contribution in [0.3, 0.4) is 0 Å². The fraction of sp³-hybridized carbons (Fsp3) is 0.833. The van der Waals surface area contributed by atoms with E-state index in [2.05, 4.69) is 10.6 Å². The maximum atomic E-state index is 11.4. The van der Waals surface area contributed by atoms with Crippen molar-refractivity contribution in [3.05, 3.63) is 0 Å². The Balaban J connectivity index is 3.92. The minimum absolute atomic E-state index is 0.0208. The Morgan fingerprint density at radius 1 is 1.24 bits per heavy atom. The van der Waals surface area contributed by atoms with Gasteiger partial charge in [-0.3, -0.25) is 4.79 Å². The molecule has 0 saturated heterocycles. The summed E-state index contributed by atoms with van der Waals surface area (Å²) in [6.45, 7) is 8.72. The summed E-state index contributed by atoms with van der Waals surface area (Å²) in [7, 11) is 0. The van der Waals surface area contributed by atoms with Gasteiger partial charge in [-0.2, -0.15) is 0 Å². The van der Waals surface area contributed by atoms with E-state index in [0.717, 1.165) is 6.42 Å². The Kier molecular flexibility index (Phi) is 6.61. The predicted molar refractivity (Wildman–Crippen MR) is 66.9 cm³/mol. The van der Waals surface area contributed by atoms with E-state index in [1.807, 2.05) is 27.7 Å². The minimum Gasteiger partial charge on any atom is -0.481 e. The minimum atomic E-state index is -0.858. The van der Waals surface area contributed by atoms with Crippen LogP contribution in [0.2, 0.25) is 0 Å². The molecule has 0 aliphatic carbocycles. The topological polar surface area (TPSA) is 78.4 Å². The predicted octanol–water partition coefficient (Wildman–Crippen LogP) is 1.83. The lowest BCUT2D eigenvalue weighted by Crippen LogP contribution is -2.42. The molecule has 0 fully saturated rings. The summed E-state index contributed by atoms with van der Waals surface area (Å²) in [4.78, 5) is 22.3. The van der Waals surface area contributed by atoms with Crippen molar-refractivity contribution in [1.82, 2.24) is 10.6 Å². The van der Waals surface area contributed by atoms with E-state index >= 15 is 0 Å². The molecule has 3 N–H and O–H groups in total. The van der Waals surface area contributed by atoms with Crippen LogP contribution in [0.15, 0.2) is 0 Å². The van der Waals surface area contributed by atoms with Crippen molar-refractivity contribution < 1.29 is 14.7 Å². The molecule has 2 amide bonds. The number of nitrogens with one attached hydrogen (secondary N) is 2. The fourth-order valence-electron chi connectivity index (χ4n) is 1.29. The van der Waals surface area contributed by atoms with Gasteiger partial charge in [0, 0.05) is 13.1 Å². The average molecular weight is 244 g/mol. The van der Waals surface area contributed by atoms with Gasteiger partial charge in [-0.25, -0.2) is 4.79 Å². The molecule has 0 rings (SSSR count). The van der Waals surface area contributed by atoms with Crippen molar-refractivity contribution in [2.75, 3.05) is 13.1 Å². The van der Waals surface area contributed by atoms with Gasteiger partial charge in [0.1, 0.15) is 0 Å². The Morgan fingerprint density at radius 3 is 2.24 bits per heavy atom. The number of rotatable bonds is 6. The highest BCUT2D eigenvalue weighted by Crippen LogP contribution is 2.10. The summed E-state index contributed by atoms with van der Waals surface area (Å²) in [5.41, 5.74) is 0.0208. The monoisotopic (exact) mass is 244 g/mol. The van der Waals surface area contributed by atoms with Crippen LogP contribution >= 0.6 is 0 Å². The second-order valence-electron chi connectivity index (χ2n) is 5.45. The molecule has 0 saturated carbocycles. The van der Waals surface area contributed by atoms with Crippen LogP contribution in [0, 0.1) is 11.3 Å². The van der Waals surface area contributed by atoms with E-state index in [9.17, 15) is 9.59 Å². The number of carbonyl (C=O) groups excluding carboxylic acids is 1. The van der Waals surface area contributed by atoms with E-state index in [4.69, 9.17) is 5.11 Å². The highest BCUT2D eigenvalue weighted by Gasteiger charge is 2.17. The van der Waals surface area contributed by atoms with Crippen LogP contribution in [0.1, 0.15) is 40.5 Å². The molecule has 0 spiro atoms. The summed E-state index contributed by atoms with van der Waals surface area (Å²) in [6.07, 6.45) is 1.37. The normalized spacial score (nSPS) is 12.9. The maximum Gasteiger partial charge on any atom is 0.314 e. The smallest absolute Gasteiger partial charge is 0.314 e. The Bertz CT molecular complexity index is 259. The number of amides is 2. The van der Waals surface area contributed by atoms with E-state index in [1.54, 1.807) is 0 Å². The summed E-state index contributed by atoms with van der Waals surface area (Å²) >= 11 is 0. The van der Waals surface area contributed by atoms with Gasteiger partial charge in [-0.05, 0) is 11.8 Å². The highest BCUT2D eigenvalue weighted by molar-refractivity contribution is 5.75. The van der Waals surface area contributed by atoms with Gasteiger partial charge >= 0.3 is 12.0 Å². The summed E-state index contributed by atoms with van der Waals surface area (Å²) in [5.74, 6) is -1.36. The molecule has 0 aliphatic rings. The number of hydrogen-bond donors (Lipinski definition) is 3. The summed E-state index contributed by atoms with van der Waals surface area (Å²) in [6, 6.07) is -0.303. The van der Waals surface area contributed by atoms with Gasteiger partial charge in [-0.15, -0.1) is 0 Å². The van der Waals surface area contributed by atoms with Gasteiger partial charge < -0.3 is 15.7 Å². The molecular weight excluding hydrogens is 220 g/mol. The molecule has 100 valence electrons. The second kappa shape index (κ2) is 7.14. The summed E-state index contributed by atoms with van der Waals surface area (Å²) < 4.78 is 0. The number of hydrogen-bond acceptors (Lipinski definition) is 2. The van der Waals surface area contributed by atoms with Gasteiger partial charge in [0.2, 0.25) is 0 Å². The first-order chi connectivity index (χ1) is 7.76. The largest absolute Gasteiger partial charge is 0.481 e. The first-order valence-corrected chi connectivity index (χ1v) is 6.00. The Morgan fingerprint density at radius 2 is 1.82 bits per heavy atom. The fourth-order valence-corrected chi connectivity index (χ4v) is 1.29. The number of urea groups is 1. The number of carboxylic acids is 1. The lowest BCUT2D eigenvalue weighted by molar-refractivity contribution is -0.141. The zero-order valence-electron chi connectivity index (χ0n) is 11.2. The average Bonchev–Trinajstić information content (AvgIpc) is 2.19. The van der Waals surface area contributed by atoms with E-state index in [1.165, 1.54) is 0 Å². The molecule has 5 nitrogen and oxygen atoms in total. The quantitative estimate of drug-likeness (QED) is 0.667. The highest BCUT2D eigenvalue weighted by atomic mass is 16.4. The van der Waals surface area contributed by atoms with E-state index < -0.39 is 11.9 Å². The van der Waals surface area contributed by atoms with Gasteiger partial charge in [0.25, 0.3) is 0 Å². The Hall–Kier alpha value is -1.26. The third-order valence-electron chi connectivity index (χ3n) is 2.27. The third-order valence-corrected chi connectivity index (χ3v) is 2.27. The van der Waals surface area contributed by atoms with Gasteiger partial charge in [0.05, 0.1) is 5.92 Å².